The second-order valence-electron chi connectivity index (χ2n) is 4.44. The van der Waals surface area contributed by atoms with Crippen molar-refractivity contribution in [3.63, 3.8) is 0 Å². The highest BCUT2D eigenvalue weighted by Crippen LogP contribution is 2.22. The molecule has 0 atom stereocenters. The molecule has 0 saturated carbocycles. The van der Waals surface area contributed by atoms with Gasteiger partial charge in [-0.3, -0.25) is 14.9 Å². The van der Waals surface area contributed by atoms with E-state index in [0.29, 0.717) is 29.4 Å². The maximum absolute atomic E-state index is 11.9. The van der Waals surface area contributed by atoms with Crippen molar-refractivity contribution >= 4 is 28.9 Å². The highest BCUT2D eigenvalue weighted by molar-refractivity contribution is 6.33. The fourth-order valence-corrected chi connectivity index (χ4v) is 2.12. The van der Waals surface area contributed by atoms with Gasteiger partial charge in [-0.1, -0.05) is 35.9 Å². The van der Waals surface area contributed by atoms with Gasteiger partial charge in [0.25, 0.3) is 11.6 Å². The number of halogens is 1. The van der Waals surface area contributed by atoms with Crippen LogP contribution in [0.1, 0.15) is 10.4 Å². The topological polar surface area (TPSA) is 84.3 Å². The molecule has 0 fully saturated rings. The number of anilines is 1. The van der Waals surface area contributed by atoms with E-state index in [2.05, 4.69) is 10.6 Å². The van der Waals surface area contributed by atoms with Crippen LogP contribution >= 0.6 is 11.6 Å². The zero-order valence-corrected chi connectivity index (χ0v) is 12.3. The quantitative estimate of drug-likeness (QED) is 0.487. The van der Waals surface area contributed by atoms with Crippen molar-refractivity contribution in [1.82, 2.24) is 5.32 Å². The van der Waals surface area contributed by atoms with Gasteiger partial charge in [-0.05, 0) is 18.2 Å². The van der Waals surface area contributed by atoms with E-state index < -0.39 is 4.92 Å². The van der Waals surface area contributed by atoms with Gasteiger partial charge in [-0.15, -0.1) is 0 Å². The molecule has 2 N–H and O–H groups in total. The zero-order chi connectivity index (χ0) is 15.9. The number of hydrogen-bond donors (Lipinski definition) is 2. The monoisotopic (exact) mass is 319 g/mol. The molecular formula is C15H14ClN3O3. The summed E-state index contributed by atoms with van der Waals surface area (Å²) in [6.07, 6.45) is 0. The fourth-order valence-electron chi connectivity index (χ4n) is 1.90. The molecule has 2 rings (SSSR count). The minimum Gasteiger partial charge on any atom is -0.378 e. The van der Waals surface area contributed by atoms with Gasteiger partial charge in [0.2, 0.25) is 0 Å². The SMILES string of the molecule is O=C(NCCNc1ccccc1[N+](=O)[O-])c1ccccc1Cl. The first-order chi connectivity index (χ1) is 10.6. The molecular weight excluding hydrogens is 306 g/mol. The third-order valence-corrected chi connectivity index (χ3v) is 3.27. The average Bonchev–Trinajstić information content (AvgIpc) is 2.52. The van der Waals surface area contributed by atoms with Gasteiger partial charge in [0.15, 0.2) is 0 Å². The van der Waals surface area contributed by atoms with Crippen molar-refractivity contribution < 1.29 is 9.72 Å². The number of carbonyl (C=O) groups is 1. The van der Waals surface area contributed by atoms with Crippen LogP contribution in [-0.4, -0.2) is 23.9 Å². The number of amides is 1. The first-order valence-electron chi connectivity index (χ1n) is 6.59. The Kier molecular flexibility index (Phi) is 5.32. The number of nitro groups is 1. The summed E-state index contributed by atoms with van der Waals surface area (Å²) in [5, 5.41) is 16.9. The van der Waals surface area contributed by atoms with E-state index >= 15 is 0 Å². The molecule has 0 heterocycles. The predicted molar refractivity (Wildman–Crippen MR) is 85.4 cm³/mol. The largest absolute Gasteiger partial charge is 0.378 e. The van der Waals surface area contributed by atoms with Crippen LogP contribution in [0.5, 0.6) is 0 Å². The molecule has 114 valence electrons. The van der Waals surface area contributed by atoms with Crippen LogP contribution in [-0.2, 0) is 0 Å². The summed E-state index contributed by atoms with van der Waals surface area (Å²) in [4.78, 5) is 22.3. The first-order valence-corrected chi connectivity index (χ1v) is 6.97. The second kappa shape index (κ2) is 7.42. The van der Waals surface area contributed by atoms with Gasteiger partial charge in [0.1, 0.15) is 5.69 Å². The average molecular weight is 320 g/mol. The lowest BCUT2D eigenvalue weighted by Gasteiger charge is -2.09. The van der Waals surface area contributed by atoms with Crippen LogP contribution in [0.2, 0.25) is 5.02 Å². The van der Waals surface area contributed by atoms with E-state index in [0.717, 1.165) is 0 Å². The Morgan fingerprint density at radius 1 is 1.09 bits per heavy atom. The molecule has 7 heteroatoms. The smallest absolute Gasteiger partial charge is 0.292 e. The zero-order valence-electron chi connectivity index (χ0n) is 11.6. The maximum atomic E-state index is 11.9. The molecule has 22 heavy (non-hydrogen) atoms. The lowest BCUT2D eigenvalue weighted by atomic mass is 10.2. The molecule has 0 saturated heterocycles. The lowest BCUT2D eigenvalue weighted by Crippen LogP contribution is -2.29. The van der Waals surface area contributed by atoms with Gasteiger partial charge in [-0.2, -0.15) is 0 Å². The minimum absolute atomic E-state index is 0.0000645. The van der Waals surface area contributed by atoms with E-state index in [4.69, 9.17) is 11.6 Å². The summed E-state index contributed by atoms with van der Waals surface area (Å²) in [6.45, 7) is 0.678. The van der Waals surface area contributed by atoms with Gasteiger partial charge >= 0.3 is 0 Å². The van der Waals surface area contributed by atoms with E-state index in [1.54, 1.807) is 42.5 Å². The van der Waals surface area contributed by atoms with E-state index in [9.17, 15) is 14.9 Å². The van der Waals surface area contributed by atoms with Crippen molar-refractivity contribution in [3.8, 4) is 0 Å². The minimum atomic E-state index is -0.454. The van der Waals surface area contributed by atoms with Crippen LogP contribution < -0.4 is 10.6 Å². The molecule has 0 aromatic heterocycles. The first kappa shape index (κ1) is 15.8. The number of rotatable bonds is 6. The normalized spacial score (nSPS) is 10.0. The summed E-state index contributed by atoms with van der Waals surface area (Å²) in [5.74, 6) is -0.282. The molecule has 2 aromatic rings. The molecule has 2 aromatic carbocycles. The van der Waals surface area contributed by atoms with Crippen LogP contribution in [0.25, 0.3) is 0 Å². The number of benzene rings is 2. The predicted octanol–water partition coefficient (Wildman–Crippen LogP) is 3.09. The Morgan fingerprint density at radius 3 is 2.50 bits per heavy atom. The van der Waals surface area contributed by atoms with E-state index in [1.807, 2.05) is 0 Å². The van der Waals surface area contributed by atoms with Gasteiger partial charge < -0.3 is 10.6 Å². The number of nitro benzene ring substituents is 1. The standard InChI is InChI=1S/C15H14ClN3O3/c16-12-6-2-1-5-11(12)15(20)18-10-9-17-13-7-3-4-8-14(13)19(21)22/h1-8,17H,9-10H2,(H,18,20). The molecule has 0 radical (unpaired) electrons. The van der Waals surface area contributed by atoms with Crippen LogP contribution in [0.3, 0.4) is 0 Å². The summed E-state index contributed by atoms with van der Waals surface area (Å²) < 4.78 is 0. The highest BCUT2D eigenvalue weighted by atomic mass is 35.5. The summed E-state index contributed by atoms with van der Waals surface area (Å²) >= 11 is 5.93. The maximum Gasteiger partial charge on any atom is 0.292 e. The number of hydrogen-bond acceptors (Lipinski definition) is 4. The number of para-hydroxylation sites is 2. The molecule has 0 unspecified atom stereocenters. The Morgan fingerprint density at radius 2 is 1.77 bits per heavy atom. The molecule has 0 aliphatic carbocycles. The van der Waals surface area contributed by atoms with Gasteiger partial charge in [0, 0.05) is 19.2 Å². The number of carbonyl (C=O) groups excluding carboxylic acids is 1. The van der Waals surface area contributed by atoms with Crippen molar-refractivity contribution in [2.75, 3.05) is 18.4 Å². The van der Waals surface area contributed by atoms with Crippen molar-refractivity contribution in [3.05, 3.63) is 69.2 Å². The fraction of sp³-hybridized carbons (Fsp3) is 0.133. The summed E-state index contributed by atoms with van der Waals surface area (Å²) in [5.41, 5.74) is 0.814. The lowest BCUT2D eigenvalue weighted by molar-refractivity contribution is -0.384. The number of nitrogens with zero attached hydrogens (tertiary/aromatic N) is 1. The van der Waals surface area contributed by atoms with Crippen molar-refractivity contribution in [1.29, 1.82) is 0 Å². The molecule has 0 bridgehead atoms. The third-order valence-electron chi connectivity index (χ3n) is 2.95. The highest BCUT2D eigenvalue weighted by Gasteiger charge is 2.12. The molecule has 0 spiro atoms. The Bertz CT molecular complexity index is 691. The van der Waals surface area contributed by atoms with Crippen molar-refractivity contribution in [2.24, 2.45) is 0 Å². The van der Waals surface area contributed by atoms with E-state index in [-0.39, 0.29) is 11.6 Å². The van der Waals surface area contributed by atoms with Gasteiger partial charge in [-0.25, -0.2) is 0 Å². The van der Waals surface area contributed by atoms with Crippen LogP contribution in [0, 0.1) is 10.1 Å². The molecule has 1 amide bonds. The van der Waals surface area contributed by atoms with Gasteiger partial charge in [0.05, 0.1) is 15.5 Å². The van der Waals surface area contributed by atoms with E-state index in [1.165, 1.54) is 6.07 Å². The molecule has 0 aliphatic rings. The van der Waals surface area contributed by atoms with Crippen molar-refractivity contribution in [2.45, 2.75) is 0 Å². The molecule has 6 nitrogen and oxygen atoms in total. The summed E-state index contributed by atoms with van der Waals surface area (Å²) in [6, 6.07) is 13.1. The Balaban J connectivity index is 1.87. The third kappa shape index (κ3) is 3.95. The number of nitrogens with one attached hydrogen (secondary N) is 2. The Hall–Kier alpha value is -2.60. The van der Waals surface area contributed by atoms with Crippen LogP contribution in [0.15, 0.2) is 48.5 Å². The second-order valence-corrected chi connectivity index (χ2v) is 4.84. The molecule has 0 aliphatic heterocycles. The summed E-state index contributed by atoms with van der Waals surface area (Å²) in [7, 11) is 0. The van der Waals surface area contributed by atoms with Crippen LogP contribution in [0.4, 0.5) is 11.4 Å². The Labute approximate surface area is 132 Å².